The molecule has 0 saturated carbocycles. The summed E-state index contributed by atoms with van der Waals surface area (Å²) in [6.45, 7) is 0. The summed E-state index contributed by atoms with van der Waals surface area (Å²) in [7, 11) is 0. The highest BCUT2D eigenvalue weighted by molar-refractivity contribution is 5.99. The lowest BCUT2D eigenvalue weighted by Crippen LogP contribution is -1.89. The molecule has 0 bridgehead atoms. The molecule has 0 amide bonds. The Hall–Kier alpha value is -2.81. The number of hydrogen-bond donors (Lipinski definition) is 0. The van der Waals surface area contributed by atoms with Crippen molar-refractivity contribution in [1.29, 1.82) is 0 Å². The van der Waals surface area contributed by atoms with Crippen LogP contribution in [0.25, 0.3) is 32.9 Å². The molecule has 0 unspecified atom stereocenters. The van der Waals surface area contributed by atoms with Crippen molar-refractivity contribution in [2.24, 2.45) is 0 Å². The van der Waals surface area contributed by atoms with E-state index in [1.165, 1.54) is 28.8 Å². The van der Waals surface area contributed by atoms with Crippen LogP contribution in [0, 0.1) is 6.07 Å². The minimum Gasteiger partial charge on any atom is -0.225 e. The second-order valence-electron chi connectivity index (χ2n) is 4.62. The van der Waals surface area contributed by atoms with E-state index < -0.39 is 0 Å². The number of nitrogens with zero attached hydrogens (tertiary/aromatic N) is 3. The van der Waals surface area contributed by atoms with Gasteiger partial charge >= 0.3 is 0 Å². The summed E-state index contributed by atoms with van der Waals surface area (Å²) in [6.07, 6.45) is 3.00. The Balaban J connectivity index is 1.97. The first-order chi connectivity index (χ1) is 9.90. The average molecular weight is 256 g/mol. The maximum Gasteiger partial charge on any atom is 0.163 e. The number of aromatic nitrogens is 3. The Kier molecular flexibility index (Phi) is 2.42. The van der Waals surface area contributed by atoms with E-state index in [1.54, 1.807) is 0 Å². The first kappa shape index (κ1) is 11.1. The Labute approximate surface area is 116 Å². The van der Waals surface area contributed by atoms with E-state index in [0.717, 1.165) is 10.9 Å². The highest BCUT2D eigenvalue weighted by Gasteiger charge is 2.03. The lowest BCUT2D eigenvalue weighted by atomic mass is 10.0. The van der Waals surface area contributed by atoms with Gasteiger partial charge in [0.1, 0.15) is 12.7 Å². The van der Waals surface area contributed by atoms with E-state index in [4.69, 9.17) is 0 Å². The predicted molar refractivity (Wildman–Crippen MR) is 79.1 cm³/mol. The molecule has 4 aromatic rings. The predicted octanol–water partition coefficient (Wildman–Crippen LogP) is 3.65. The maximum absolute atomic E-state index is 4.16. The molecule has 0 saturated heterocycles. The molecule has 0 aliphatic carbocycles. The fourth-order valence-electron chi connectivity index (χ4n) is 2.37. The number of benzene rings is 3. The van der Waals surface area contributed by atoms with Crippen LogP contribution in [0.5, 0.6) is 0 Å². The zero-order chi connectivity index (χ0) is 13.4. The minimum atomic E-state index is 0.648. The van der Waals surface area contributed by atoms with Crippen LogP contribution in [-0.2, 0) is 0 Å². The third-order valence-corrected chi connectivity index (χ3v) is 3.35. The number of hydrogen-bond acceptors (Lipinski definition) is 3. The van der Waals surface area contributed by atoms with E-state index in [9.17, 15) is 0 Å². The molecule has 3 nitrogen and oxygen atoms in total. The maximum atomic E-state index is 4.16. The molecular weight excluding hydrogens is 246 g/mol. The van der Waals surface area contributed by atoms with Crippen molar-refractivity contribution in [3.63, 3.8) is 0 Å². The molecule has 0 atom stereocenters. The van der Waals surface area contributed by atoms with Gasteiger partial charge in [-0.3, -0.25) is 0 Å². The van der Waals surface area contributed by atoms with E-state index in [-0.39, 0.29) is 0 Å². The topological polar surface area (TPSA) is 38.7 Å². The Morgan fingerprint density at radius 2 is 1.50 bits per heavy atom. The van der Waals surface area contributed by atoms with Crippen molar-refractivity contribution >= 4 is 21.5 Å². The fourth-order valence-corrected chi connectivity index (χ4v) is 2.37. The van der Waals surface area contributed by atoms with Gasteiger partial charge in [0.2, 0.25) is 0 Å². The van der Waals surface area contributed by atoms with E-state index in [2.05, 4.69) is 57.4 Å². The van der Waals surface area contributed by atoms with Gasteiger partial charge in [0, 0.05) is 11.6 Å². The van der Waals surface area contributed by atoms with Gasteiger partial charge in [-0.05, 0) is 39.7 Å². The zero-order valence-corrected chi connectivity index (χ0v) is 10.6. The monoisotopic (exact) mass is 256 g/mol. The summed E-state index contributed by atoms with van der Waals surface area (Å²) in [5.41, 5.74) is 0.884. The Bertz CT molecular complexity index is 901. The summed E-state index contributed by atoms with van der Waals surface area (Å²) < 4.78 is 0. The molecule has 3 aromatic carbocycles. The van der Waals surface area contributed by atoms with Gasteiger partial charge in [-0.1, -0.05) is 30.3 Å². The van der Waals surface area contributed by atoms with Gasteiger partial charge in [0.15, 0.2) is 5.82 Å². The van der Waals surface area contributed by atoms with Crippen molar-refractivity contribution in [2.45, 2.75) is 0 Å². The molecule has 0 aliphatic heterocycles. The van der Waals surface area contributed by atoms with Gasteiger partial charge in [-0.15, -0.1) is 0 Å². The van der Waals surface area contributed by atoms with Gasteiger partial charge in [-0.25, -0.2) is 15.0 Å². The molecule has 3 heteroatoms. The third kappa shape index (κ3) is 1.80. The third-order valence-electron chi connectivity index (χ3n) is 3.35. The fraction of sp³-hybridized carbons (Fsp3) is 0. The molecule has 4 rings (SSSR count). The summed E-state index contributed by atoms with van der Waals surface area (Å²) in [6, 6.07) is 20.1. The van der Waals surface area contributed by atoms with Crippen LogP contribution in [0.15, 0.2) is 61.2 Å². The van der Waals surface area contributed by atoms with Gasteiger partial charge in [0.05, 0.1) is 0 Å². The van der Waals surface area contributed by atoms with Gasteiger partial charge in [0.25, 0.3) is 0 Å². The molecule has 93 valence electrons. The van der Waals surface area contributed by atoms with Crippen molar-refractivity contribution in [2.75, 3.05) is 0 Å². The van der Waals surface area contributed by atoms with Crippen molar-refractivity contribution < 1.29 is 0 Å². The van der Waals surface area contributed by atoms with Crippen LogP contribution in [0.3, 0.4) is 0 Å². The summed E-state index contributed by atoms with van der Waals surface area (Å²) in [5.74, 6) is 0.648. The molecule has 0 spiro atoms. The van der Waals surface area contributed by atoms with Crippen LogP contribution in [0.4, 0.5) is 0 Å². The largest absolute Gasteiger partial charge is 0.225 e. The van der Waals surface area contributed by atoms with Crippen LogP contribution >= 0.6 is 0 Å². The van der Waals surface area contributed by atoms with Crippen LogP contribution in [0.2, 0.25) is 0 Å². The van der Waals surface area contributed by atoms with Crippen molar-refractivity contribution in [1.82, 2.24) is 15.0 Å². The SMILES string of the molecule is [c]1c(-c2ncncn2)ccc2cc3ccccc3cc12. The minimum absolute atomic E-state index is 0.648. The van der Waals surface area contributed by atoms with E-state index in [0.29, 0.717) is 5.82 Å². The van der Waals surface area contributed by atoms with Crippen molar-refractivity contribution in [3.05, 3.63) is 67.3 Å². The first-order valence-corrected chi connectivity index (χ1v) is 6.37. The molecule has 0 aliphatic rings. The standard InChI is InChI=1S/C17H10N3/c1-2-4-13-8-16-9-15(17-19-10-18-11-20-17)6-5-14(16)7-12(13)3-1/h1-8,10-11H. The van der Waals surface area contributed by atoms with Gasteiger partial charge in [-0.2, -0.15) is 0 Å². The average Bonchev–Trinajstić information content (AvgIpc) is 2.53. The van der Waals surface area contributed by atoms with Crippen LogP contribution in [0.1, 0.15) is 0 Å². The van der Waals surface area contributed by atoms with Gasteiger partial charge < -0.3 is 0 Å². The molecule has 1 heterocycles. The summed E-state index contributed by atoms with van der Waals surface area (Å²) >= 11 is 0. The normalized spacial score (nSPS) is 11.0. The number of rotatable bonds is 1. The molecule has 1 aromatic heterocycles. The zero-order valence-electron chi connectivity index (χ0n) is 10.6. The van der Waals surface area contributed by atoms with Crippen LogP contribution in [-0.4, -0.2) is 15.0 Å². The Morgan fingerprint density at radius 1 is 0.750 bits per heavy atom. The van der Waals surface area contributed by atoms with Crippen molar-refractivity contribution in [3.8, 4) is 11.4 Å². The Morgan fingerprint density at radius 3 is 2.30 bits per heavy atom. The first-order valence-electron chi connectivity index (χ1n) is 6.37. The highest BCUT2D eigenvalue weighted by Crippen LogP contribution is 2.25. The molecule has 0 N–H and O–H groups in total. The number of fused-ring (bicyclic) bond motifs is 2. The smallest absolute Gasteiger partial charge is 0.163 e. The molecule has 0 fully saturated rings. The molecular formula is C17H10N3. The summed E-state index contributed by atoms with van der Waals surface area (Å²) in [4.78, 5) is 12.2. The quantitative estimate of drug-likeness (QED) is 0.488. The lowest BCUT2D eigenvalue weighted by molar-refractivity contribution is 1.06. The van der Waals surface area contributed by atoms with E-state index >= 15 is 0 Å². The second-order valence-corrected chi connectivity index (χ2v) is 4.62. The summed E-state index contributed by atoms with van der Waals surface area (Å²) in [5, 5.41) is 4.69. The van der Waals surface area contributed by atoms with E-state index in [1.807, 2.05) is 12.1 Å². The molecule has 20 heavy (non-hydrogen) atoms. The second kappa shape index (κ2) is 4.38. The molecule has 1 radical (unpaired) electrons. The van der Waals surface area contributed by atoms with Crippen LogP contribution < -0.4 is 0 Å². The lowest BCUT2D eigenvalue weighted by Gasteiger charge is -2.04. The highest BCUT2D eigenvalue weighted by atomic mass is 15.0.